The predicted octanol–water partition coefficient (Wildman–Crippen LogP) is 1.82. The summed E-state index contributed by atoms with van der Waals surface area (Å²) in [7, 11) is -1.62. The van der Waals surface area contributed by atoms with Crippen LogP contribution in [0, 0.1) is 0 Å². The first kappa shape index (κ1) is 15.9. The van der Waals surface area contributed by atoms with Gasteiger partial charge >= 0.3 is 0 Å². The third-order valence-corrected chi connectivity index (χ3v) is 4.04. The van der Waals surface area contributed by atoms with Gasteiger partial charge in [0.05, 0.1) is 4.90 Å². The van der Waals surface area contributed by atoms with Crippen molar-refractivity contribution in [1.82, 2.24) is 4.72 Å². The third-order valence-electron chi connectivity index (χ3n) is 2.56. The summed E-state index contributed by atoms with van der Waals surface area (Å²) < 4.78 is 31.7. The van der Waals surface area contributed by atoms with Crippen LogP contribution in [0.15, 0.2) is 29.2 Å². The zero-order valence-electron chi connectivity index (χ0n) is 11.5. The highest BCUT2D eigenvalue weighted by atomic mass is 32.2. The predicted molar refractivity (Wildman–Crippen MR) is 76.9 cm³/mol. The molecule has 0 heterocycles. The largest absolute Gasteiger partial charge is 0.388 e. The minimum atomic E-state index is -3.41. The number of ether oxygens (including phenoxy) is 1. The lowest BCUT2D eigenvalue weighted by molar-refractivity contribution is 0.133. The number of rotatable bonds is 9. The van der Waals surface area contributed by atoms with Crippen LogP contribution in [-0.4, -0.2) is 35.2 Å². The molecule has 19 heavy (non-hydrogen) atoms. The highest BCUT2D eigenvalue weighted by molar-refractivity contribution is 7.89. The SMILES string of the molecule is CCCOCCCNS(=O)(=O)c1ccc(NC)cc1. The van der Waals surface area contributed by atoms with Crippen LogP contribution in [0.3, 0.4) is 0 Å². The van der Waals surface area contributed by atoms with Crippen LogP contribution in [-0.2, 0) is 14.8 Å². The standard InChI is InChI=1S/C13H22N2O3S/c1-3-10-18-11-4-9-15-19(16,17)13-7-5-12(14-2)6-8-13/h5-8,14-15H,3-4,9-11H2,1-2H3. The summed E-state index contributed by atoms with van der Waals surface area (Å²) >= 11 is 0. The fourth-order valence-corrected chi connectivity index (χ4v) is 2.59. The van der Waals surface area contributed by atoms with Crippen molar-refractivity contribution in [3.05, 3.63) is 24.3 Å². The fraction of sp³-hybridized carbons (Fsp3) is 0.538. The Morgan fingerprint density at radius 1 is 1.16 bits per heavy atom. The second-order valence-corrected chi connectivity index (χ2v) is 5.91. The second kappa shape index (κ2) is 8.14. The number of hydrogen-bond acceptors (Lipinski definition) is 4. The van der Waals surface area contributed by atoms with E-state index < -0.39 is 10.0 Å². The highest BCUT2D eigenvalue weighted by Crippen LogP contribution is 2.13. The van der Waals surface area contributed by atoms with Crippen molar-refractivity contribution in [2.75, 3.05) is 32.1 Å². The molecule has 2 N–H and O–H groups in total. The molecule has 0 fully saturated rings. The molecular formula is C13H22N2O3S. The number of hydrogen-bond donors (Lipinski definition) is 2. The molecule has 0 bridgehead atoms. The smallest absolute Gasteiger partial charge is 0.240 e. The van der Waals surface area contributed by atoms with Gasteiger partial charge in [-0.15, -0.1) is 0 Å². The number of benzene rings is 1. The summed E-state index contributed by atoms with van der Waals surface area (Å²) in [6, 6.07) is 6.64. The molecule has 0 aliphatic heterocycles. The third kappa shape index (κ3) is 5.59. The normalized spacial score (nSPS) is 11.5. The quantitative estimate of drug-likeness (QED) is 0.680. The molecule has 0 atom stereocenters. The molecule has 0 saturated carbocycles. The van der Waals surface area contributed by atoms with E-state index in [0.717, 1.165) is 18.7 Å². The van der Waals surface area contributed by atoms with Crippen molar-refractivity contribution < 1.29 is 13.2 Å². The Labute approximate surface area is 115 Å². The van der Waals surface area contributed by atoms with Gasteiger partial charge in [-0.2, -0.15) is 0 Å². The minimum absolute atomic E-state index is 0.279. The maximum atomic E-state index is 11.9. The molecule has 0 amide bonds. The topological polar surface area (TPSA) is 67.4 Å². The van der Waals surface area contributed by atoms with Crippen LogP contribution < -0.4 is 10.0 Å². The summed E-state index contributed by atoms with van der Waals surface area (Å²) in [5, 5.41) is 2.95. The van der Waals surface area contributed by atoms with Crippen LogP contribution in [0.4, 0.5) is 5.69 Å². The molecule has 0 aliphatic carbocycles. The molecule has 1 rings (SSSR count). The summed E-state index contributed by atoms with van der Waals surface area (Å²) in [4.78, 5) is 0.279. The molecule has 0 aromatic heterocycles. The van der Waals surface area contributed by atoms with Crippen LogP contribution in [0.5, 0.6) is 0 Å². The molecule has 0 unspecified atom stereocenters. The van der Waals surface area contributed by atoms with Crippen molar-refractivity contribution in [2.45, 2.75) is 24.7 Å². The van der Waals surface area contributed by atoms with Gasteiger partial charge in [0.1, 0.15) is 0 Å². The molecule has 1 aromatic carbocycles. The molecule has 0 saturated heterocycles. The minimum Gasteiger partial charge on any atom is -0.388 e. The Hall–Kier alpha value is -1.11. The van der Waals surface area contributed by atoms with Gasteiger partial charge in [-0.25, -0.2) is 13.1 Å². The summed E-state index contributed by atoms with van der Waals surface area (Å²) in [6.45, 7) is 3.73. The van der Waals surface area contributed by atoms with Gasteiger partial charge in [0.2, 0.25) is 10.0 Å². The molecule has 0 aliphatic rings. The van der Waals surface area contributed by atoms with Gasteiger partial charge in [-0.3, -0.25) is 0 Å². The Balaban J connectivity index is 2.42. The van der Waals surface area contributed by atoms with Gasteiger partial charge < -0.3 is 10.1 Å². The second-order valence-electron chi connectivity index (χ2n) is 4.14. The number of nitrogens with one attached hydrogen (secondary N) is 2. The van der Waals surface area contributed by atoms with E-state index in [9.17, 15) is 8.42 Å². The highest BCUT2D eigenvalue weighted by Gasteiger charge is 2.12. The Kier molecular flexibility index (Phi) is 6.83. The van der Waals surface area contributed by atoms with E-state index >= 15 is 0 Å². The van der Waals surface area contributed by atoms with E-state index in [1.54, 1.807) is 31.3 Å². The molecule has 6 heteroatoms. The van der Waals surface area contributed by atoms with Gasteiger partial charge in [-0.05, 0) is 37.1 Å². The molecule has 108 valence electrons. The van der Waals surface area contributed by atoms with Crippen molar-refractivity contribution in [3.8, 4) is 0 Å². The Morgan fingerprint density at radius 2 is 1.84 bits per heavy atom. The molecule has 0 spiro atoms. The average Bonchev–Trinajstić information content (AvgIpc) is 2.43. The van der Waals surface area contributed by atoms with Crippen molar-refractivity contribution in [1.29, 1.82) is 0 Å². The van der Waals surface area contributed by atoms with Gasteiger partial charge in [0, 0.05) is 32.5 Å². The average molecular weight is 286 g/mol. The Morgan fingerprint density at radius 3 is 2.42 bits per heavy atom. The van der Waals surface area contributed by atoms with Crippen molar-refractivity contribution >= 4 is 15.7 Å². The number of anilines is 1. The zero-order chi connectivity index (χ0) is 14.1. The molecule has 0 radical (unpaired) electrons. The zero-order valence-corrected chi connectivity index (χ0v) is 12.3. The maximum absolute atomic E-state index is 11.9. The first-order chi connectivity index (χ1) is 9.10. The first-order valence-corrected chi connectivity index (χ1v) is 7.93. The first-order valence-electron chi connectivity index (χ1n) is 6.45. The van der Waals surface area contributed by atoms with E-state index in [2.05, 4.69) is 10.0 Å². The molecule has 1 aromatic rings. The monoisotopic (exact) mass is 286 g/mol. The number of sulfonamides is 1. The Bertz CT molecular complexity index is 457. The van der Waals surface area contributed by atoms with Crippen LogP contribution >= 0.6 is 0 Å². The van der Waals surface area contributed by atoms with E-state index in [1.165, 1.54) is 0 Å². The lowest BCUT2D eigenvalue weighted by Gasteiger charge is -2.08. The van der Waals surface area contributed by atoms with E-state index in [-0.39, 0.29) is 4.90 Å². The molecule has 5 nitrogen and oxygen atoms in total. The van der Waals surface area contributed by atoms with Crippen molar-refractivity contribution in [3.63, 3.8) is 0 Å². The van der Waals surface area contributed by atoms with E-state index in [0.29, 0.717) is 19.6 Å². The fourth-order valence-electron chi connectivity index (χ4n) is 1.51. The van der Waals surface area contributed by atoms with Crippen molar-refractivity contribution in [2.24, 2.45) is 0 Å². The lowest BCUT2D eigenvalue weighted by Crippen LogP contribution is -2.25. The summed E-state index contributed by atoms with van der Waals surface area (Å²) in [5.74, 6) is 0. The summed E-state index contributed by atoms with van der Waals surface area (Å²) in [5.41, 5.74) is 0.881. The van der Waals surface area contributed by atoms with Crippen LogP contribution in [0.25, 0.3) is 0 Å². The lowest BCUT2D eigenvalue weighted by atomic mass is 10.3. The maximum Gasteiger partial charge on any atom is 0.240 e. The van der Waals surface area contributed by atoms with Gasteiger partial charge in [0.15, 0.2) is 0 Å². The molecular weight excluding hydrogens is 264 g/mol. The van der Waals surface area contributed by atoms with Gasteiger partial charge in [0.25, 0.3) is 0 Å². The van der Waals surface area contributed by atoms with E-state index in [1.807, 2.05) is 6.92 Å². The van der Waals surface area contributed by atoms with Gasteiger partial charge in [-0.1, -0.05) is 6.92 Å². The summed E-state index contributed by atoms with van der Waals surface area (Å²) in [6.07, 6.45) is 1.65. The van der Waals surface area contributed by atoms with E-state index in [4.69, 9.17) is 4.74 Å². The van der Waals surface area contributed by atoms with Crippen LogP contribution in [0.2, 0.25) is 0 Å². The van der Waals surface area contributed by atoms with Crippen LogP contribution in [0.1, 0.15) is 19.8 Å².